The molecule has 0 bridgehead atoms. The highest BCUT2D eigenvalue weighted by atomic mass is 33.1. The summed E-state index contributed by atoms with van der Waals surface area (Å²) in [5.41, 5.74) is -1.56. The highest BCUT2D eigenvalue weighted by molar-refractivity contribution is 8.93. The van der Waals surface area contributed by atoms with Gasteiger partial charge in [0.05, 0.1) is 13.0 Å². The van der Waals surface area contributed by atoms with Gasteiger partial charge in [-0.05, 0) is 18.6 Å². The van der Waals surface area contributed by atoms with Crippen LogP contribution in [0.4, 0.5) is 0 Å². The van der Waals surface area contributed by atoms with Crippen LogP contribution in [0.5, 0.6) is 0 Å². The van der Waals surface area contributed by atoms with Gasteiger partial charge in [-0.3, -0.25) is 9.36 Å². The number of carbonyl (C=O) groups is 1. The van der Waals surface area contributed by atoms with Gasteiger partial charge in [-0.15, -0.1) is 0 Å². The number of benzene rings is 1. The van der Waals surface area contributed by atoms with Crippen molar-refractivity contribution in [1.29, 1.82) is 0 Å². The van der Waals surface area contributed by atoms with Crippen LogP contribution < -0.4 is 0 Å². The van der Waals surface area contributed by atoms with Gasteiger partial charge in [0.15, 0.2) is 0 Å². The summed E-state index contributed by atoms with van der Waals surface area (Å²) >= 11 is 2.95. The molecule has 1 fully saturated rings. The normalized spacial score (nSPS) is 17.9. The summed E-state index contributed by atoms with van der Waals surface area (Å²) in [6.07, 6.45) is 1.99. The predicted molar refractivity (Wildman–Crippen MR) is 88.2 cm³/mol. The Labute approximate surface area is 127 Å². The maximum Gasteiger partial charge on any atom is 0.310 e. The average Bonchev–Trinajstić information content (AvgIpc) is 2.88. The number of hydrogen-bond acceptors (Lipinski definition) is 5. The van der Waals surface area contributed by atoms with E-state index in [9.17, 15) is 9.36 Å². The minimum absolute atomic E-state index is 0.111. The van der Waals surface area contributed by atoms with Crippen molar-refractivity contribution in [2.75, 3.05) is 18.1 Å². The van der Waals surface area contributed by atoms with Crippen molar-refractivity contribution in [2.24, 2.45) is 0 Å². The Morgan fingerprint density at radius 3 is 2.55 bits per heavy atom. The Morgan fingerprint density at radius 2 is 1.95 bits per heavy atom. The Balaban J connectivity index is 2.27. The zero-order valence-electron chi connectivity index (χ0n) is 11.3. The standard InChI is InChI=1S/C14H17O3PS2/c1-2-17-14(15)11-13(18(16)19-8-9-20-18)10-12-6-4-3-5-7-12/h3-7,10H,2,8-9,11H2,1H3/b13-10+. The molecule has 0 spiro atoms. The molecule has 0 saturated carbocycles. The second kappa shape index (κ2) is 7.39. The number of hydrogen-bond donors (Lipinski definition) is 0. The number of carbonyl (C=O) groups excluding carboxylic acids is 1. The van der Waals surface area contributed by atoms with Gasteiger partial charge in [-0.25, -0.2) is 0 Å². The van der Waals surface area contributed by atoms with E-state index in [4.69, 9.17) is 4.74 Å². The molecule has 1 aliphatic rings. The fourth-order valence-electron chi connectivity index (χ4n) is 1.85. The Kier molecular flexibility index (Phi) is 5.82. The first-order valence-electron chi connectivity index (χ1n) is 6.45. The van der Waals surface area contributed by atoms with Gasteiger partial charge in [0.2, 0.25) is 5.55 Å². The van der Waals surface area contributed by atoms with Crippen LogP contribution in [0.3, 0.4) is 0 Å². The van der Waals surface area contributed by atoms with Crippen LogP contribution in [-0.2, 0) is 14.1 Å². The molecule has 0 aliphatic carbocycles. The molecular formula is C14H17O3PS2. The fraction of sp³-hybridized carbons (Fsp3) is 0.357. The summed E-state index contributed by atoms with van der Waals surface area (Å²) in [6, 6.07) is 9.69. The van der Waals surface area contributed by atoms with E-state index in [1.54, 1.807) is 6.92 Å². The molecule has 1 aliphatic heterocycles. The topological polar surface area (TPSA) is 43.4 Å². The van der Waals surface area contributed by atoms with E-state index >= 15 is 0 Å². The quantitative estimate of drug-likeness (QED) is 0.581. The largest absolute Gasteiger partial charge is 0.466 e. The molecule has 1 aromatic carbocycles. The van der Waals surface area contributed by atoms with Crippen molar-refractivity contribution in [3.05, 3.63) is 41.2 Å². The van der Waals surface area contributed by atoms with Crippen LogP contribution in [0, 0.1) is 0 Å². The minimum Gasteiger partial charge on any atom is -0.466 e. The molecule has 0 amide bonds. The van der Waals surface area contributed by atoms with Crippen LogP contribution in [-0.4, -0.2) is 24.1 Å². The van der Waals surface area contributed by atoms with Crippen molar-refractivity contribution in [3.63, 3.8) is 0 Å². The lowest BCUT2D eigenvalue weighted by molar-refractivity contribution is -0.142. The van der Waals surface area contributed by atoms with Crippen molar-refractivity contribution in [1.82, 2.24) is 0 Å². The van der Waals surface area contributed by atoms with Crippen molar-refractivity contribution in [2.45, 2.75) is 13.3 Å². The molecule has 0 N–H and O–H groups in total. The van der Waals surface area contributed by atoms with Gasteiger partial charge in [-0.1, -0.05) is 53.1 Å². The van der Waals surface area contributed by atoms with E-state index in [1.807, 2.05) is 36.4 Å². The summed E-state index contributed by atoms with van der Waals surface area (Å²) in [5, 5.41) is 0.703. The highest BCUT2D eigenvalue weighted by Gasteiger charge is 2.34. The summed E-state index contributed by atoms with van der Waals surface area (Å²) in [5.74, 6) is 1.44. The van der Waals surface area contributed by atoms with Crippen molar-refractivity contribution >= 4 is 40.4 Å². The molecule has 3 nitrogen and oxygen atoms in total. The van der Waals surface area contributed by atoms with E-state index in [2.05, 4.69) is 0 Å². The lowest BCUT2D eigenvalue weighted by atomic mass is 10.2. The summed E-state index contributed by atoms with van der Waals surface area (Å²) in [4.78, 5) is 11.7. The fourth-order valence-corrected chi connectivity index (χ4v) is 10.7. The second-order valence-electron chi connectivity index (χ2n) is 4.19. The first-order chi connectivity index (χ1) is 9.64. The van der Waals surface area contributed by atoms with Crippen LogP contribution in [0.15, 0.2) is 35.6 Å². The van der Waals surface area contributed by atoms with E-state index in [0.29, 0.717) is 11.9 Å². The molecule has 108 valence electrons. The van der Waals surface area contributed by atoms with Gasteiger partial charge in [0, 0.05) is 16.8 Å². The maximum absolute atomic E-state index is 12.9. The van der Waals surface area contributed by atoms with Gasteiger partial charge < -0.3 is 4.74 Å². The Bertz CT molecular complexity index is 533. The SMILES string of the molecule is CCOC(=O)C/C(=C\c1ccccc1)P1(=O)SCCS1. The number of ether oxygens (including phenoxy) is 1. The van der Waals surface area contributed by atoms with E-state index in [1.165, 1.54) is 22.8 Å². The Morgan fingerprint density at radius 1 is 1.30 bits per heavy atom. The van der Waals surface area contributed by atoms with Crippen molar-refractivity contribution < 1.29 is 14.1 Å². The van der Waals surface area contributed by atoms with Gasteiger partial charge >= 0.3 is 5.97 Å². The van der Waals surface area contributed by atoms with Crippen LogP contribution in [0.1, 0.15) is 18.9 Å². The zero-order chi connectivity index (χ0) is 14.4. The first-order valence-corrected chi connectivity index (χ1v) is 11.3. The number of rotatable bonds is 5. The third-order valence-corrected chi connectivity index (χ3v) is 11.9. The molecule has 0 atom stereocenters. The summed E-state index contributed by atoms with van der Waals surface area (Å²) in [7, 11) is 0. The molecule has 0 aromatic heterocycles. The summed E-state index contributed by atoms with van der Waals surface area (Å²) < 4.78 is 17.9. The maximum atomic E-state index is 12.9. The highest BCUT2D eigenvalue weighted by Crippen LogP contribution is 2.78. The predicted octanol–water partition coefficient (Wildman–Crippen LogP) is 4.65. The lowest BCUT2D eigenvalue weighted by Crippen LogP contribution is -2.04. The molecule has 1 saturated heterocycles. The molecule has 20 heavy (non-hydrogen) atoms. The minimum atomic E-state index is -2.53. The molecular weight excluding hydrogens is 311 g/mol. The number of esters is 1. The summed E-state index contributed by atoms with van der Waals surface area (Å²) in [6.45, 7) is 2.13. The molecule has 1 heterocycles. The third-order valence-electron chi connectivity index (χ3n) is 2.72. The van der Waals surface area contributed by atoms with Gasteiger partial charge in [-0.2, -0.15) is 0 Å². The van der Waals surface area contributed by atoms with E-state index in [-0.39, 0.29) is 12.4 Å². The van der Waals surface area contributed by atoms with Crippen LogP contribution in [0.2, 0.25) is 0 Å². The molecule has 2 rings (SSSR count). The van der Waals surface area contributed by atoms with Crippen molar-refractivity contribution in [3.8, 4) is 0 Å². The first kappa shape index (κ1) is 15.7. The van der Waals surface area contributed by atoms with Crippen LogP contribution >= 0.6 is 28.3 Å². The van der Waals surface area contributed by atoms with Gasteiger partial charge in [0.25, 0.3) is 0 Å². The molecule has 0 radical (unpaired) electrons. The van der Waals surface area contributed by atoms with E-state index in [0.717, 1.165) is 17.1 Å². The van der Waals surface area contributed by atoms with Crippen LogP contribution in [0.25, 0.3) is 6.08 Å². The van der Waals surface area contributed by atoms with Gasteiger partial charge in [0.1, 0.15) is 0 Å². The zero-order valence-corrected chi connectivity index (χ0v) is 13.8. The molecule has 6 heteroatoms. The molecule has 0 unspecified atom stereocenters. The lowest BCUT2D eigenvalue weighted by Gasteiger charge is -2.14. The third kappa shape index (κ3) is 4.18. The second-order valence-corrected chi connectivity index (χ2v) is 12.4. The smallest absolute Gasteiger partial charge is 0.310 e. The monoisotopic (exact) mass is 328 g/mol. The Hall–Kier alpha value is -0.640. The molecule has 1 aromatic rings. The average molecular weight is 328 g/mol. The van der Waals surface area contributed by atoms with E-state index < -0.39 is 5.55 Å².